The van der Waals surface area contributed by atoms with Crippen LogP contribution >= 0.6 is 11.6 Å². The zero-order valence-electron chi connectivity index (χ0n) is 10.3. The zero-order chi connectivity index (χ0) is 13.1. The Labute approximate surface area is 111 Å². The Balaban J connectivity index is 2.31. The molecule has 2 rings (SSSR count). The maximum atomic E-state index is 5.81. The standard InChI is InChI=1S/C14H14ClN3/c1-9-7-12(16)8-10(2)14(9)18-17-13-5-3-11(15)4-6-13/h3-8H,16H2,1-2H3/b18-17+. The number of aryl methyl sites for hydroxylation is 2. The molecule has 0 aromatic heterocycles. The van der Waals surface area contributed by atoms with E-state index in [-0.39, 0.29) is 0 Å². The highest BCUT2D eigenvalue weighted by Gasteiger charge is 2.02. The van der Waals surface area contributed by atoms with Crippen LogP contribution in [-0.4, -0.2) is 0 Å². The van der Waals surface area contributed by atoms with Gasteiger partial charge in [0.25, 0.3) is 0 Å². The maximum Gasteiger partial charge on any atom is 0.0916 e. The Hall–Kier alpha value is -1.87. The summed E-state index contributed by atoms with van der Waals surface area (Å²) in [5.74, 6) is 0. The molecule has 2 N–H and O–H groups in total. The van der Waals surface area contributed by atoms with Crippen molar-refractivity contribution < 1.29 is 0 Å². The van der Waals surface area contributed by atoms with E-state index in [1.54, 1.807) is 12.1 Å². The van der Waals surface area contributed by atoms with Gasteiger partial charge in [0.15, 0.2) is 0 Å². The number of rotatable bonds is 2. The average molecular weight is 260 g/mol. The van der Waals surface area contributed by atoms with Gasteiger partial charge in [-0.2, -0.15) is 10.2 Å². The summed E-state index contributed by atoms with van der Waals surface area (Å²) < 4.78 is 0. The van der Waals surface area contributed by atoms with Gasteiger partial charge in [-0.1, -0.05) is 11.6 Å². The van der Waals surface area contributed by atoms with Gasteiger partial charge in [0, 0.05) is 10.7 Å². The van der Waals surface area contributed by atoms with Crippen LogP contribution in [0, 0.1) is 13.8 Å². The Bertz CT molecular complexity index is 565. The van der Waals surface area contributed by atoms with Crippen molar-refractivity contribution in [1.29, 1.82) is 0 Å². The number of halogens is 1. The molecule has 0 saturated carbocycles. The van der Waals surface area contributed by atoms with Crippen LogP contribution < -0.4 is 5.73 Å². The smallest absolute Gasteiger partial charge is 0.0916 e. The number of nitrogens with zero attached hydrogens (tertiary/aromatic N) is 2. The number of azo groups is 1. The van der Waals surface area contributed by atoms with E-state index in [9.17, 15) is 0 Å². The Morgan fingerprint density at radius 2 is 1.50 bits per heavy atom. The van der Waals surface area contributed by atoms with Gasteiger partial charge in [-0.3, -0.25) is 0 Å². The van der Waals surface area contributed by atoms with Crippen molar-refractivity contribution in [1.82, 2.24) is 0 Å². The van der Waals surface area contributed by atoms with Gasteiger partial charge in [-0.25, -0.2) is 0 Å². The third-order valence-corrected chi connectivity index (χ3v) is 2.86. The fraction of sp³-hybridized carbons (Fsp3) is 0.143. The van der Waals surface area contributed by atoms with Crippen molar-refractivity contribution in [2.24, 2.45) is 10.2 Å². The number of benzene rings is 2. The summed E-state index contributed by atoms with van der Waals surface area (Å²) >= 11 is 5.81. The maximum absolute atomic E-state index is 5.81. The number of hydrogen-bond acceptors (Lipinski definition) is 3. The molecule has 3 nitrogen and oxygen atoms in total. The van der Waals surface area contributed by atoms with Crippen LogP contribution in [0.5, 0.6) is 0 Å². The molecule has 0 amide bonds. The van der Waals surface area contributed by atoms with Crippen LogP contribution in [0.3, 0.4) is 0 Å². The van der Waals surface area contributed by atoms with E-state index in [4.69, 9.17) is 17.3 Å². The summed E-state index contributed by atoms with van der Waals surface area (Å²) in [6.45, 7) is 3.94. The lowest BCUT2D eigenvalue weighted by Gasteiger charge is -2.05. The molecule has 0 aliphatic carbocycles. The first-order valence-corrected chi connectivity index (χ1v) is 5.98. The molecule has 2 aromatic carbocycles. The van der Waals surface area contributed by atoms with E-state index in [1.807, 2.05) is 38.1 Å². The minimum absolute atomic E-state index is 0.689. The van der Waals surface area contributed by atoms with Crippen molar-refractivity contribution in [3.8, 4) is 0 Å². The van der Waals surface area contributed by atoms with Gasteiger partial charge in [0.05, 0.1) is 11.4 Å². The molecule has 0 bridgehead atoms. The van der Waals surface area contributed by atoms with Crippen molar-refractivity contribution >= 4 is 28.7 Å². The molecule has 0 fully saturated rings. The largest absolute Gasteiger partial charge is 0.399 e. The molecule has 0 saturated heterocycles. The molecule has 18 heavy (non-hydrogen) atoms. The Kier molecular flexibility index (Phi) is 3.63. The fourth-order valence-corrected chi connectivity index (χ4v) is 1.89. The molecular formula is C14H14ClN3. The summed E-state index contributed by atoms with van der Waals surface area (Å²) in [4.78, 5) is 0. The van der Waals surface area contributed by atoms with Crippen LogP contribution in [0.4, 0.5) is 17.1 Å². The number of nitrogen functional groups attached to an aromatic ring is 1. The monoisotopic (exact) mass is 259 g/mol. The minimum atomic E-state index is 0.689. The van der Waals surface area contributed by atoms with Crippen molar-refractivity contribution in [2.45, 2.75) is 13.8 Å². The summed E-state index contributed by atoms with van der Waals surface area (Å²) in [7, 11) is 0. The fourth-order valence-electron chi connectivity index (χ4n) is 1.76. The average Bonchev–Trinajstić information content (AvgIpc) is 2.30. The normalized spacial score (nSPS) is 11.1. The second-order valence-corrected chi connectivity index (χ2v) is 4.62. The third-order valence-electron chi connectivity index (χ3n) is 2.61. The summed E-state index contributed by atoms with van der Waals surface area (Å²) in [6.07, 6.45) is 0. The van der Waals surface area contributed by atoms with Crippen LogP contribution in [0.2, 0.25) is 5.02 Å². The predicted molar refractivity (Wildman–Crippen MR) is 76.0 cm³/mol. The van der Waals surface area contributed by atoms with Crippen molar-refractivity contribution in [2.75, 3.05) is 5.73 Å². The molecule has 4 heteroatoms. The van der Waals surface area contributed by atoms with Crippen LogP contribution in [0.15, 0.2) is 46.6 Å². The lowest BCUT2D eigenvalue weighted by Crippen LogP contribution is -1.88. The summed E-state index contributed by atoms with van der Waals surface area (Å²) in [5.41, 5.74) is 10.2. The van der Waals surface area contributed by atoms with E-state index in [0.29, 0.717) is 5.02 Å². The molecule has 0 aliphatic rings. The SMILES string of the molecule is Cc1cc(N)cc(C)c1/N=N/c1ccc(Cl)cc1. The van der Waals surface area contributed by atoms with E-state index >= 15 is 0 Å². The van der Waals surface area contributed by atoms with Gasteiger partial charge < -0.3 is 5.73 Å². The highest BCUT2D eigenvalue weighted by Crippen LogP contribution is 2.28. The van der Waals surface area contributed by atoms with Crippen LogP contribution in [0.1, 0.15) is 11.1 Å². The van der Waals surface area contributed by atoms with Gasteiger partial charge in [0.2, 0.25) is 0 Å². The molecule has 0 aliphatic heterocycles. The zero-order valence-corrected chi connectivity index (χ0v) is 11.1. The van der Waals surface area contributed by atoms with Gasteiger partial charge in [-0.05, 0) is 61.4 Å². The summed E-state index contributed by atoms with van der Waals surface area (Å²) in [6, 6.07) is 11.0. The van der Waals surface area contributed by atoms with Gasteiger partial charge >= 0.3 is 0 Å². The van der Waals surface area contributed by atoms with E-state index in [0.717, 1.165) is 28.2 Å². The summed E-state index contributed by atoms with van der Waals surface area (Å²) in [5, 5.41) is 9.16. The van der Waals surface area contributed by atoms with Gasteiger partial charge in [-0.15, -0.1) is 0 Å². The highest BCUT2D eigenvalue weighted by molar-refractivity contribution is 6.30. The predicted octanol–water partition coefficient (Wildman–Crippen LogP) is 4.95. The van der Waals surface area contributed by atoms with E-state index in [1.165, 1.54) is 0 Å². The first-order chi connectivity index (χ1) is 8.56. The van der Waals surface area contributed by atoms with Gasteiger partial charge in [0.1, 0.15) is 0 Å². The van der Waals surface area contributed by atoms with E-state index < -0.39 is 0 Å². The molecule has 0 atom stereocenters. The first-order valence-electron chi connectivity index (χ1n) is 5.60. The quantitative estimate of drug-likeness (QED) is 0.602. The molecule has 92 valence electrons. The number of anilines is 1. The second-order valence-electron chi connectivity index (χ2n) is 4.18. The van der Waals surface area contributed by atoms with Crippen molar-refractivity contribution in [3.63, 3.8) is 0 Å². The Morgan fingerprint density at radius 1 is 0.944 bits per heavy atom. The lowest BCUT2D eigenvalue weighted by molar-refractivity contribution is 1.19. The van der Waals surface area contributed by atoms with Crippen LogP contribution in [0.25, 0.3) is 0 Å². The first kappa shape index (κ1) is 12.6. The molecule has 2 aromatic rings. The molecule has 0 spiro atoms. The number of nitrogens with two attached hydrogens (primary N) is 1. The molecular weight excluding hydrogens is 246 g/mol. The lowest BCUT2D eigenvalue weighted by atomic mass is 10.1. The number of hydrogen-bond donors (Lipinski definition) is 1. The minimum Gasteiger partial charge on any atom is -0.399 e. The van der Waals surface area contributed by atoms with Crippen molar-refractivity contribution in [3.05, 3.63) is 52.5 Å². The molecule has 0 radical (unpaired) electrons. The van der Waals surface area contributed by atoms with Crippen LogP contribution in [-0.2, 0) is 0 Å². The molecule has 0 unspecified atom stereocenters. The third kappa shape index (κ3) is 2.87. The second kappa shape index (κ2) is 5.19. The highest BCUT2D eigenvalue weighted by atomic mass is 35.5. The topological polar surface area (TPSA) is 50.7 Å². The molecule has 0 heterocycles. The van der Waals surface area contributed by atoms with E-state index in [2.05, 4.69) is 10.2 Å². The Morgan fingerprint density at radius 3 is 2.06 bits per heavy atom.